The van der Waals surface area contributed by atoms with Gasteiger partial charge in [-0.1, -0.05) is 51.3 Å². The van der Waals surface area contributed by atoms with Crippen molar-refractivity contribution < 1.29 is 18.7 Å². The van der Waals surface area contributed by atoms with Crippen molar-refractivity contribution in [3.8, 4) is 11.5 Å². The smallest absolute Gasteiger partial charge is 0.437 e. The number of carbonyl (C=O) groups excluding carboxylic acids is 2. The van der Waals surface area contributed by atoms with E-state index in [0.29, 0.717) is 18.0 Å². The molecule has 8 heteroatoms. The van der Waals surface area contributed by atoms with Crippen LogP contribution in [0.2, 0.25) is 0 Å². The topological polar surface area (TPSA) is 103 Å². The van der Waals surface area contributed by atoms with Gasteiger partial charge in [-0.15, -0.1) is 5.10 Å². The second kappa shape index (κ2) is 11.1. The maximum atomic E-state index is 11.9. The Balaban J connectivity index is 1.79. The molecule has 2 rings (SSSR count). The molecule has 0 saturated carbocycles. The van der Waals surface area contributed by atoms with Gasteiger partial charge in [-0.3, -0.25) is 9.59 Å². The lowest BCUT2D eigenvalue weighted by Crippen LogP contribution is -2.33. The van der Waals surface area contributed by atoms with Crippen LogP contribution >= 0.6 is 0 Å². The average molecular weight is 389 g/mol. The van der Waals surface area contributed by atoms with Crippen LogP contribution in [0.25, 0.3) is 11.5 Å². The molecule has 1 amide bonds. The molecule has 2 aromatic rings. The number of amides is 1. The van der Waals surface area contributed by atoms with Crippen molar-refractivity contribution in [3.05, 3.63) is 40.9 Å². The Labute approximate surface area is 163 Å². The molecule has 1 heterocycles. The molecular weight excluding hydrogens is 362 g/mol. The number of carbonyl (C=O) groups is 2. The van der Waals surface area contributed by atoms with Crippen LogP contribution in [-0.4, -0.2) is 34.8 Å². The highest BCUT2D eigenvalue weighted by atomic mass is 16.5. The van der Waals surface area contributed by atoms with Crippen LogP contribution in [-0.2, 0) is 20.9 Å². The summed E-state index contributed by atoms with van der Waals surface area (Å²) in [5.41, 5.74) is 0.625. The lowest BCUT2D eigenvalue weighted by molar-refractivity contribution is -0.149. The fourth-order valence-corrected chi connectivity index (χ4v) is 2.67. The summed E-state index contributed by atoms with van der Waals surface area (Å²) in [7, 11) is 0. The molecule has 1 atom stereocenters. The summed E-state index contributed by atoms with van der Waals surface area (Å²) < 4.78 is 10.9. The van der Waals surface area contributed by atoms with Crippen molar-refractivity contribution in [2.75, 3.05) is 13.2 Å². The molecule has 8 nitrogen and oxygen atoms in total. The van der Waals surface area contributed by atoms with Crippen LogP contribution in [0.3, 0.4) is 0 Å². The van der Waals surface area contributed by atoms with Crippen LogP contribution in [0.1, 0.15) is 39.5 Å². The van der Waals surface area contributed by atoms with E-state index in [1.165, 1.54) is 0 Å². The average Bonchev–Trinajstić information content (AvgIpc) is 3.07. The number of benzene rings is 1. The highest BCUT2D eigenvalue weighted by Gasteiger charge is 2.15. The SMILES string of the molecule is CCCC[C@H](CC)CNC(=O)COC(=O)Cn1nc(-c2ccccc2)oc1=O. The van der Waals surface area contributed by atoms with E-state index in [1.807, 2.05) is 6.07 Å². The number of nitrogens with zero attached hydrogens (tertiary/aromatic N) is 2. The summed E-state index contributed by atoms with van der Waals surface area (Å²) in [4.78, 5) is 35.6. The summed E-state index contributed by atoms with van der Waals surface area (Å²) in [5.74, 6) is -1.32. The number of nitrogens with one attached hydrogen (secondary N) is 1. The first kappa shape index (κ1) is 21.4. The molecule has 152 valence electrons. The number of hydrogen-bond donors (Lipinski definition) is 1. The summed E-state index contributed by atoms with van der Waals surface area (Å²) in [5, 5.41) is 6.76. The number of unbranched alkanes of at least 4 members (excludes halogenated alkanes) is 1. The third kappa shape index (κ3) is 6.68. The third-order valence-electron chi connectivity index (χ3n) is 4.40. The molecule has 0 aliphatic carbocycles. The summed E-state index contributed by atoms with van der Waals surface area (Å²) in [6.07, 6.45) is 4.29. The van der Waals surface area contributed by atoms with Crippen molar-refractivity contribution in [2.45, 2.75) is 46.1 Å². The quantitative estimate of drug-likeness (QED) is 0.592. The molecule has 0 radical (unpaired) electrons. The largest absolute Gasteiger partial charge is 0.454 e. The zero-order valence-corrected chi connectivity index (χ0v) is 16.3. The Morgan fingerprint density at radius 1 is 1.25 bits per heavy atom. The number of hydrogen-bond acceptors (Lipinski definition) is 6. The highest BCUT2D eigenvalue weighted by Crippen LogP contribution is 2.14. The Kier molecular flexibility index (Phi) is 8.45. The number of rotatable bonds is 11. The summed E-state index contributed by atoms with van der Waals surface area (Å²) in [6, 6.07) is 8.87. The van der Waals surface area contributed by atoms with E-state index in [1.54, 1.807) is 24.3 Å². The Morgan fingerprint density at radius 2 is 2.00 bits per heavy atom. The Hall–Kier alpha value is -2.90. The van der Waals surface area contributed by atoms with E-state index in [0.717, 1.165) is 30.4 Å². The molecule has 1 aromatic heterocycles. The van der Waals surface area contributed by atoms with Crippen LogP contribution in [0.5, 0.6) is 0 Å². The molecule has 1 aromatic carbocycles. The van der Waals surface area contributed by atoms with E-state index >= 15 is 0 Å². The minimum absolute atomic E-state index is 0.119. The van der Waals surface area contributed by atoms with E-state index in [-0.39, 0.29) is 18.4 Å². The van der Waals surface area contributed by atoms with Crippen molar-refractivity contribution in [3.63, 3.8) is 0 Å². The van der Waals surface area contributed by atoms with E-state index in [2.05, 4.69) is 24.3 Å². The van der Waals surface area contributed by atoms with Gasteiger partial charge in [0.1, 0.15) is 6.54 Å². The Morgan fingerprint density at radius 3 is 2.68 bits per heavy atom. The molecule has 0 fully saturated rings. The molecule has 1 N–H and O–H groups in total. The monoisotopic (exact) mass is 389 g/mol. The molecule has 0 aliphatic rings. The predicted molar refractivity (Wildman–Crippen MR) is 103 cm³/mol. The fourth-order valence-electron chi connectivity index (χ4n) is 2.67. The summed E-state index contributed by atoms with van der Waals surface area (Å²) in [6.45, 7) is 3.98. The molecule has 0 unspecified atom stereocenters. The van der Waals surface area contributed by atoms with Crippen molar-refractivity contribution in [1.29, 1.82) is 0 Å². The first-order valence-electron chi connectivity index (χ1n) is 9.59. The van der Waals surface area contributed by atoms with Crippen molar-refractivity contribution in [2.24, 2.45) is 5.92 Å². The highest BCUT2D eigenvalue weighted by molar-refractivity contribution is 5.80. The van der Waals surface area contributed by atoms with Gasteiger partial charge < -0.3 is 14.5 Å². The van der Waals surface area contributed by atoms with Gasteiger partial charge in [0.15, 0.2) is 6.61 Å². The van der Waals surface area contributed by atoms with Crippen molar-refractivity contribution in [1.82, 2.24) is 15.1 Å². The van der Waals surface area contributed by atoms with E-state index < -0.39 is 18.3 Å². The number of ether oxygens (including phenoxy) is 1. The predicted octanol–water partition coefficient (Wildman–Crippen LogP) is 2.38. The minimum atomic E-state index is -0.762. The standard InChI is InChI=1S/C20H27N3O5/c1-3-5-9-15(4-2)12-21-17(24)14-27-18(25)13-23-20(26)28-19(22-23)16-10-7-6-8-11-16/h6-8,10-11,15H,3-5,9,12-14H2,1-2H3,(H,21,24)/t15-/m0/s1. The molecule has 0 bridgehead atoms. The first-order chi connectivity index (χ1) is 13.5. The number of aromatic nitrogens is 2. The molecule has 0 spiro atoms. The van der Waals surface area contributed by atoms with Gasteiger partial charge in [-0.05, 0) is 24.5 Å². The van der Waals surface area contributed by atoms with E-state index in [9.17, 15) is 14.4 Å². The minimum Gasteiger partial charge on any atom is -0.454 e. The normalized spacial score (nSPS) is 11.8. The van der Waals surface area contributed by atoms with Crippen LogP contribution in [0, 0.1) is 5.92 Å². The summed E-state index contributed by atoms with van der Waals surface area (Å²) >= 11 is 0. The molecule has 0 saturated heterocycles. The van der Waals surface area contributed by atoms with Gasteiger partial charge in [0.25, 0.3) is 5.91 Å². The van der Waals surface area contributed by atoms with E-state index in [4.69, 9.17) is 9.15 Å². The fraction of sp³-hybridized carbons (Fsp3) is 0.500. The molecule has 28 heavy (non-hydrogen) atoms. The van der Waals surface area contributed by atoms with Crippen LogP contribution in [0.15, 0.2) is 39.5 Å². The van der Waals surface area contributed by atoms with Gasteiger partial charge in [-0.2, -0.15) is 4.68 Å². The second-order valence-corrected chi connectivity index (χ2v) is 6.58. The van der Waals surface area contributed by atoms with Gasteiger partial charge >= 0.3 is 11.7 Å². The zero-order chi connectivity index (χ0) is 20.4. The van der Waals surface area contributed by atoms with Crippen molar-refractivity contribution >= 4 is 11.9 Å². The number of esters is 1. The maximum absolute atomic E-state index is 11.9. The van der Waals surface area contributed by atoms with Gasteiger partial charge in [0.2, 0.25) is 5.89 Å². The lowest BCUT2D eigenvalue weighted by atomic mass is 9.99. The molecule has 0 aliphatic heterocycles. The zero-order valence-electron chi connectivity index (χ0n) is 16.3. The Bertz CT molecular complexity index is 813. The third-order valence-corrected chi connectivity index (χ3v) is 4.40. The molecular formula is C20H27N3O5. The maximum Gasteiger partial charge on any atom is 0.437 e. The van der Waals surface area contributed by atoms with Crippen LogP contribution in [0.4, 0.5) is 0 Å². The van der Waals surface area contributed by atoms with Gasteiger partial charge in [-0.25, -0.2) is 4.79 Å². The first-order valence-corrected chi connectivity index (χ1v) is 9.59. The second-order valence-electron chi connectivity index (χ2n) is 6.58. The van der Waals surface area contributed by atoms with Gasteiger partial charge in [0.05, 0.1) is 0 Å². The van der Waals surface area contributed by atoms with Gasteiger partial charge in [0, 0.05) is 12.1 Å². The van der Waals surface area contributed by atoms with Crippen LogP contribution < -0.4 is 11.1 Å². The lowest BCUT2D eigenvalue weighted by Gasteiger charge is -2.15.